The first-order valence-corrected chi connectivity index (χ1v) is 11.5. The number of hydrogen-bond donors (Lipinski definition) is 2. The number of carbonyl (C=O) groups excluding carboxylic acids is 2. The predicted octanol–water partition coefficient (Wildman–Crippen LogP) is 5.43. The quantitative estimate of drug-likeness (QED) is 0.367. The molecular weight excluding hydrogens is 460 g/mol. The lowest BCUT2D eigenvalue weighted by atomic mass is 10.1. The van der Waals surface area contributed by atoms with E-state index in [4.69, 9.17) is 9.47 Å². The van der Waals surface area contributed by atoms with Gasteiger partial charge in [0, 0.05) is 25.8 Å². The summed E-state index contributed by atoms with van der Waals surface area (Å²) in [6.45, 7) is 3.90. The van der Waals surface area contributed by atoms with Gasteiger partial charge in [-0.05, 0) is 59.1 Å². The van der Waals surface area contributed by atoms with E-state index < -0.39 is 0 Å². The minimum absolute atomic E-state index is 0.236. The Hall–Kier alpha value is -2.38. The zero-order valence-electron chi connectivity index (χ0n) is 18.2. The first kappa shape index (κ1) is 24.9. The van der Waals surface area contributed by atoms with Crippen molar-refractivity contribution >= 4 is 33.4 Å². The van der Waals surface area contributed by atoms with Gasteiger partial charge in [0.2, 0.25) is 0 Å². The average molecular weight is 491 g/mol. The second kappa shape index (κ2) is 13.8. The van der Waals surface area contributed by atoms with Gasteiger partial charge in [-0.1, -0.05) is 38.3 Å². The summed E-state index contributed by atoms with van der Waals surface area (Å²) >= 11 is 3.48. The van der Waals surface area contributed by atoms with Crippen LogP contribution in [0.4, 0.5) is 5.69 Å². The maximum atomic E-state index is 12.8. The number of para-hydroxylation sites is 1. The molecule has 0 atom stereocenters. The van der Waals surface area contributed by atoms with Crippen LogP contribution >= 0.6 is 15.9 Å². The number of nitrogens with one attached hydrogen (secondary N) is 2. The molecule has 0 saturated carbocycles. The van der Waals surface area contributed by atoms with Gasteiger partial charge >= 0.3 is 0 Å². The Morgan fingerprint density at radius 3 is 2.52 bits per heavy atom. The molecule has 2 N–H and O–H groups in total. The zero-order chi connectivity index (χ0) is 22.5. The second-order valence-corrected chi connectivity index (χ2v) is 8.01. The summed E-state index contributed by atoms with van der Waals surface area (Å²) in [6, 6.07) is 12.2. The van der Waals surface area contributed by atoms with Crippen molar-refractivity contribution < 1.29 is 19.1 Å². The van der Waals surface area contributed by atoms with E-state index >= 15 is 0 Å². The third kappa shape index (κ3) is 8.34. The Morgan fingerprint density at radius 2 is 1.77 bits per heavy atom. The van der Waals surface area contributed by atoms with Crippen LogP contribution in [-0.4, -0.2) is 38.7 Å². The average Bonchev–Trinajstić information content (AvgIpc) is 2.77. The predicted molar refractivity (Wildman–Crippen MR) is 127 cm³/mol. The molecule has 0 fully saturated rings. The van der Waals surface area contributed by atoms with Crippen LogP contribution in [0.3, 0.4) is 0 Å². The molecule has 0 heterocycles. The van der Waals surface area contributed by atoms with Gasteiger partial charge in [-0.15, -0.1) is 0 Å². The lowest BCUT2D eigenvalue weighted by molar-refractivity contribution is 0.0949. The van der Waals surface area contributed by atoms with Crippen LogP contribution in [-0.2, 0) is 4.74 Å². The summed E-state index contributed by atoms with van der Waals surface area (Å²) in [7, 11) is 1.62. The van der Waals surface area contributed by atoms with Gasteiger partial charge in [-0.3, -0.25) is 9.59 Å². The Kier molecular flexibility index (Phi) is 11.1. The highest BCUT2D eigenvalue weighted by Crippen LogP contribution is 2.27. The van der Waals surface area contributed by atoms with E-state index in [2.05, 4.69) is 33.5 Å². The normalized spacial score (nSPS) is 10.5. The van der Waals surface area contributed by atoms with E-state index in [0.717, 1.165) is 23.7 Å². The van der Waals surface area contributed by atoms with Crippen molar-refractivity contribution in [2.24, 2.45) is 0 Å². The Labute approximate surface area is 192 Å². The van der Waals surface area contributed by atoms with Crippen molar-refractivity contribution in [2.75, 3.05) is 32.2 Å². The maximum Gasteiger partial charge on any atom is 0.255 e. The lowest BCUT2D eigenvalue weighted by Crippen LogP contribution is -2.26. The lowest BCUT2D eigenvalue weighted by Gasteiger charge is -2.13. The zero-order valence-corrected chi connectivity index (χ0v) is 19.8. The molecule has 0 aromatic heterocycles. The molecule has 168 valence electrons. The minimum Gasteiger partial charge on any atom is -0.492 e. The van der Waals surface area contributed by atoms with Gasteiger partial charge in [-0.25, -0.2) is 0 Å². The smallest absolute Gasteiger partial charge is 0.255 e. The first-order chi connectivity index (χ1) is 15.1. The van der Waals surface area contributed by atoms with Crippen molar-refractivity contribution in [2.45, 2.75) is 39.0 Å². The number of anilines is 1. The molecule has 0 saturated heterocycles. The number of unbranched alkanes of at least 4 members (excludes halogenated alkanes) is 3. The summed E-state index contributed by atoms with van der Waals surface area (Å²) in [4.78, 5) is 25.2. The summed E-state index contributed by atoms with van der Waals surface area (Å²) in [5.41, 5.74) is 1.35. The second-order valence-electron chi connectivity index (χ2n) is 7.16. The third-order valence-electron chi connectivity index (χ3n) is 4.68. The number of amides is 2. The molecule has 2 aromatic rings. The number of methoxy groups -OCH3 is 1. The molecule has 0 spiro atoms. The summed E-state index contributed by atoms with van der Waals surface area (Å²) in [5.74, 6) is 0.179. The molecule has 6 nitrogen and oxygen atoms in total. The van der Waals surface area contributed by atoms with Crippen LogP contribution in [0, 0.1) is 0 Å². The molecule has 2 rings (SSSR count). The van der Waals surface area contributed by atoms with Crippen molar-refractivity contribution in [1.29, 1.82) is 0 Å². The molecule has 31 heavy (non-hydrogen) atoms. The largest absolute Gasteiger partial charge is 0.492 e. The van der Waals surface area contributed by atoms with Crippen molar-refractivity contribution in [3.8, 4) is 5.75 Å². The van der Waals surface area contributed by atoms with Gasteiger partial charge in [0.1, 0.15) is 5.75 Å². The van der Waals surface area contributed by atoms with E-state index in [1.54, 1.807) is 49.6 Å². The standard InChI is InChI=1S/C24H31BrN2O4/c1-3-4-5-8-16-31-22-13-12-18(17-20(22)25)23(28)27-21-11-7-6-10-19(21)24(29)26-14-9-15-30-2/h6-7,10-13,17H,3-5,8-9,14-16H2,1-2H3,(H,26,29)(H,27,28). The first-order valence-electron chi connectivity index (χ1n) is 10.7. The number of carbonyl (C=O) groups is 2. The molecule has 2 aromatic carbocycles. The molecule has 2 amide bonds. The Bertz CT molecular complexity index is 857. The van der Waals surface area contributed by atoms with Gasteiger partial charge < -0.3 is 20.1 Å². The molecule has 0 bridgehead atoms. The minimum atomic E-state index is -0.296. The molecule has 0 aliphatic heterocycles. The highest BCUT2D eigenvalue weighted by Gasteiger charge is 2.15. The van der Waals surface area contributed by atoms with Crippen LogP contribution in [0.25, 0.3) is 0 Å². The van der Waals surface area contributed by atoms with Crippen molar-refractivity contribution in [1.82, 2.24) is 5.32 Å². The molecule has 0 aliphatic carbocycles. The molecule has 0 aliphatic rings. The van der Waals surface area contributed by atoms with Crippen LogP contribution in [0.15, 0.2) is 46.9 Å². The number of benzene rings is 2. The maximum absolute atomic E-state index is 12.8. The Balaban J connectivity index is 1.98. The topological polar surface area (TPSA) is 76.7 Å². The van der Waals surface area contributed by atoms with E-state index in [9.17, 15) is 9.59 Å². The van der Waals surface area contributed by atoms with E-state index in [0.29, 0.717) is 42.3 Å². The summed E-state index contributed by atoms with van der Waals surface area (Å²) < 4.78 is 11.5. The van der Waals surface area contributed by atoms with Crippen LogP contribution in [0.1, 0.15) is 59.7 Å². The molecule has 0 unspecified atom stereocenters. The Morgan fingerprint density at radius 1 is 0.968 bits per heavy atom. The van der Waals surface area contributed by atoms with Gasteiger partial charge in [-0.2, -0.15) is 0 Å². The fourth-order valence-corrected chi connectivity index (χ4v) is 3.46. The van der Waals surface area contributed by atoms with Crippen molar-refractivity contribution in [3.63, 3.8) is 0 Å². The van der Waals surface area contributed by atoms with Gasteiger partial charge in [0.15, 0.2) is 0 Å². The van der Waals surface area contributed by atoms with Gasteiger partial charge in [0.25, 0.3) is 11.8 Å². The summed E-state index contributed by atoms with van der Waals surface area (Å²) in [6.07, 6.45) is 5.26. The summed E-state index contributed by atoms with van der Waals surface area (Å²) in [5, 5.41) is 5.68. The highest BCUT2D eigenvalue weighted by atomic mass is 79.9. The van der Waals surface area contributed by atoms with Crippen LogP contribution < -0.4 is 15.4 Å². The van der Waals surface area contributed by atoms with E-state index in [1.807, 2.05) is 0 Å². The van der Waals surface area contributed by atoms with Crippen LogP contribution in [0.2, 0.25) is 0 Å². The highest BCUT2D eigenvalue weighted by molar-refractivity contribution is 9.10. The molecular formula is C24H31BrN2O4. The molecule has 0 radical (unpaired) electrons. The monoisotopic (exact) mass is 490 g/mol. The van der Waals surface area contributed by atoms with Crippen molar-refractivity contribution in [3.05, 3.63) is 58.1 Å². The fourth-order valence-electron chi connectivity index (χ4n) is 2.97. The van der Waals surface area contributed by atoms with Gasteiger partial charge in [0.05, 0.1) is 22.3 Å². The third-order valence-corrected chi connectivity index (χ3v) is 5.30. The van der Waals surface area contributed by atoms with E-state index in [-0.39, 0.29) is 11.8 Å². The number of ether oxygens (including phenoxy) is 2. The number of hydrogen-bond acceptors (Lipinski definition) is 4. The molecule has 7 heteroatoms. The number of rotatable bonds is 13. The number of halogens is 1. The van der Waals surface area contributed by atoms with E-state index in [1.165, 1.54) is 12.8 Å². The SMILES string of the molecule is CCCCCCOc1ccc(C(=O)Nc2ccccc2C(=O)NCCCOC)cc1Br. The fraction of sp³-hybridized carbons (Fsp3) is 0.417. The van der Waals surface area contributed by atoms with Crippen LogP contribution in [0.5, 0.6) is 5.75 Å².